The first-order valence-electron chi connectivity index (χ1n) is 8.10. The van der Waals surface area contributed by atoms with Crippen LogP contribution in [0.2, 0.25) is 0 Å². The molecule has 1 saturated heterocycles. The number of nitrogens with zero attached hydrogens (tertiary/aromatic N) is 5. The van der Waals surface area contributed by atoms with Crippen molar-refractivity contribution in [1.29, 1.82) is 0 Å². The van der Waals surface area contributed by atoms with Gasteiger partial charge in [0.1, 0.15) is 6.33 Å². The fourth-order valence-corrected chi connectivity index (χ4v) is 2.93. The van der Waals surface area contributed by atoms with Gasteiger partial charge in [-0.05, 0) is 39.1 Å². The topological polar surface area (TPSA) is 65.8 Å². The van der Waals surface area contributed by atoms with Crippen LogP contribution < -0.4 is 5.32 Å². The molecule has 1 amide bonds. The fraction of sp³-hybridized carbons (Fsp3) is 0.562. The number of rotatable bonds is 5. The minimum atomic E-state index is -0.0599. The van der Waals surface area contributed by atoms with E-state index in [2.05, 4.69) is 39.4 Å². The third-order valence-electron chi connectivity index (χ3n) is 4.35. The Morgan fingerprint density at radius 1 is 1.39 bits per heavy atom. The third-order valence-corrected chi connectivity index (χ3v) is 4.35. The summed E-state index contributed by atoms with van der Waals surface area (Å²) in [6.07, 6.45) is 5.44. The summed E-state index contributed by atoms with van der Waals surface area (Å²) in [6, 6.07) is 3.88. The molecule has 7 heteroatoms. The van der Waals surface area contributed by atoms with Crippen LogP contribution >= 0.6 is 0 Å². The van der Waals surface area contributed by atoms with Crippen molar-refractivity contribution in [3.8, 4) is 0 Å². The van der Waals surface area contributed by atoms with E-state index in [-0.39, 0.29) is 11.9 Å². The maximum absolute atomic E-state index is 12.5. The highest BCUT2D eigenvalue weighted by Gasteiger charge is 2.22. The van der Waals surface area contributed by atoms with E-state index in [4.69, 9.17) is 0 Å². The highest BCUT2D eigenvalue weighted by atomic mass is 16.1. The summed E-state index contributed by atoms with van der Waals surface area (Å²) in [7, 11) is 4.19. The molecule has 1 fully saturated rings. The van der Waals surface area contributed by atoms with Gasteiger partial charge >= 0.3 is 0 Å². The molecule has 3 rings (SSSR count). The van der Waals surface area contributed by atoms with Crippen molar-refractivity contribution in [3.05, 3.63) is 30.2 Å². The van der Waals surface area contributed by atoms with E-state index in [0.29, 0.717) is 11.2 Å². The Bertz CT molecular complexity index is 659. The van der Waals surface area contributed by atoms with Crippen LogP contribution in [0.1, 0.15) is 23.2 Å². The molecule has 0 saturated carbocycles. The normalized spacial score (nSPS) is 17.0. The van der Waals surface area contributed by atoms with Crippen LogP contribution in [0.3, 0.4) is 0 Å². The molecule has 7 nitrogen and oxygen atoms in total. The molecule has 0 atom stereocenters. The maximum Gasteiger partial charge on any atom is 0.255 e. The number of hydrogen-bond donors (Lipinski definition) is 1. The van der Waals surface area contributed by atoms with E-state index < -0.39 is 0 Å². The molecule has 0 aliphatic carbocycles. The Morgan fingerprint density at radius 3 is 2.91 bits per heavy atom. The smallest absolute Gasteiger partial charge is 0.255 e. The fourth-order valence-electron chi connectivity index (χ4n) is 2.93. The van der Waals surface area contributed by atoms with Crippen LogP contribution in [-0.2, 0) is 0 Å². The molecule has 0 unspecified atom stereocenters. The number of fused-ring (bicyclic) bond motifs is 1. The second kappa shape index (κ2) is 7.06. The lowest BCUT2D eigenvalue weighted by Crippen LogP contribution is -2.46. The lowest BCUT2D eigenvalue weighted by molar-refractivity contribution is 0.0910. The molecule has 1 N–H and O–H groups in total. The Kier molecular flexibility index (Phi) is 4.88. The quantitative estimate of drug-likeness (QED) is 0.869. The van der Waals surface area contributed by atoms with Gasteiger partial charge in [0.25, 0.3) is 5.91 Å². The number of aromatic nitrogens is 3. The monoisotopic (exact) mass is 316 g/mol. The molecule has 1 aliphatic heterocycles. The zero-order valence-corrected chi connectivity index (χ0v) is 13.8. The van der Waals surface area contributed by atoms with Gasteiger partial charge in [-0.15, -0.1) is 10.2 Å². The highest BCUT2D eigenvalue weighted by Crippen LogP contribution is 2.13. The van der Waals surface area contributed by atoms with Crippen LogP contribution in [0.15, 0.2) is 24.7 Å². The summed E-state index contributed by atoms with van der Waals surface area (Å²) in [6.45, 7) is 4.24. The van der Waals surface area contributed by atoms with E-state index in [1.165, 1.54) is 0 Å². The zero-order chi connectivity index (χ0) is 16.2. The number of nitrogens with one attached hydrogen (secondary N) is 1. The second-order valence-corrected chi connectivity index (χ2v) is 6.38. The van der Waals surface area contributed by atoms with E-state index in [9.17, 15) is 4.79 Å². The number of piperidine rings is 1. The molecule has 1 aliphatic rings. The predicted molar refractivity (Wildman–Crippen MR) is 88.5 cm³/mol. The van der Waals surface area contributed by atoms with E-state index in [1.807, 2.05) is 12.3 Å². The Morgan fingerprint density at radius 2 is 2.17 bits per heavy atom. The molecule has 0 spiro atoms. The number of pyridine rings is 1. The molecule has 124 valence electrons. The largest absolute Gasteiger partial charge is 0.349 e. The lowest BCUT2D eigenvalue weighted by Gasteiger charge is -2.32. The van der Waals surface area contributed by atoms with E-state index in [0.717, 1.165) is 39.0 Å². The first kappa shape index (κ1) is 15.9. The van der Waals surface area contributed by atoms with E-state index in [1.54, 1.807) is 16.8 Å². The van der Waals surface area contributed by atoms with Gasteiger partial charge in [0.2, 0.25) is 0 Å². The molecule has 3 heterocycles. The summed E-state index contributed by atoms with van der Waals surface area (Å²) in [4.78, 5) is 17.2. The Labute approximate surface area is 136 Å². The molecule has 0 aromatic carbocycles. The predicted octanol–water partition coefficient (Wildman–Crippen LogP) is 0.485. The van der Waals surface area contributed by atoms with Crippen LogP contribution in [-0.4, -0.2) is 76.6 Å². The number of carbonyl (C=O) groups is 1. The minimum absolute atomic E-state index is 0.0599. The summed E-state index contributed by atoms with van der Waals surface area (Å²) in [5, 5.41) is 11.0. The highest BCUT2D eigenvalue weighted by molar-refractivity contribution is 5.99. The van der Waals surface area contributed by atoms with Crippen LogP contribution in [0.5, 0.6) is 0 Å². The van der Waals surface area contributed by atoms with Gasteiger partial charge in [-0.1, -0.05) is 0 Å². The van der Waals surface area contributed by atoms with Crippen LogP contribution in [0.25, 0.3) is 5.65 Å². The summed E-state index contributed by atoms with van der Waals surface area (Å²) >= 11 is 0. The first-order chi connectivity index (χ1) is 11.1. The number of likely N-dealkylation sites (N-methyl/N-ethyl adjacent to an activating group) is 1. The van der Waals surface area contributed by atoms with Crippen LogP contribution in [0, 0.1) is 0 Å². The minimum Gasteiger partial charge on any atom is -0.349 e. The van der Waals surface area contributed by atoms with Gasteiger partial charge in [-0.2, -0.15) is 0 Å². The molecule has 0 radical (unpaired) electrons. The second-order valence-electron chi connectivity index (χ2n) is 6.38. The molecular weight excluding hydrogens is 292 g/mol. The maximum atomic E-state index is 12.5. The molecule has 2 aromatic heterocycles. The van der Waals surface area contributed by atoms with Gasteiger partial charge in [-0.3, -0.25) is 9.20 Å². The van der Waals surface area contributed by atoms with Crippen molar-refractivity contribution in [1.82, 2.24) is 29.7 Å². The standard InChI is InChI=1S/C16H24N6O/c1-20(2)10-11-21-8-5-13(6-9-21)18-16(23)14-4-3-7-22-12-17-19-15(14)22/h3-4,7,12-13H,5-6,8-11H2,1-2H3,(H,18,23). The van der Waals surface area contributed by atoms with Gasteiger partial charge in [0, 0.05) is 38.4 Å². The zero-order valence-electron chi connectivity index (χ0n) is 13.8. The van der Waals surface area contributed by atoms with Gasteiger partial charge < -0.3 is 15.1 Å². The van der Waals surface area contributed by atoms with Crippen molar-refractivity contribution in [3.63, 3.8) is 0 Å². The number of likely N-dealkylation sites (tertiary alicyclic amines) is 1. The van der Waals surface area contributed by atoms with Crippen LogP contribution in [0.4, 0.5) is 0 Å². The summed E-state index contributed by atoms with van der Waals surface area (Å²) in [5.41, 5.74) is 1.19. The number of amides is 1. The summed E-state index contributed by atoms with van der Waals surface area (Å²) in [5.74, 6) is -0.0599. The number of hydrogen-bond acceptors (Lipinski definition) is 5. The van der Waals surface area contributed by atoms with Crippen molar-refractivity contribution < 1.29 is 4.79 Å². The number of carbonyl (C=O) groups excluding carboxylic acids is 1. The summed E-state index contributed by atoms with van der Waals surface area (Å²) < 4.78 is 1.76. The van der Waals surface area contributed by atoms with E-state index >= 15 is 0 Å². The average Bonchev–Trinajstić information content (AvgIpc) is 3.02. The SMILES string of the molecule is CN(C)CCN1CCC(NC(=O)c2cccn3cnnc23)CC1. The molecule has 0 bridgehead atoms. The lowest BCUT2D eigenvalue weighted by atomic mass is 10.0. The van der Waals surface area contributed by atoms with Crippen molar-refractivity contribution >= 4 is 11.6 Å². The van der Waals surface area contributed by atoms with Gasteiger partial charge in [0.15, 0.2) is 5.65 Å². The molecule has 2 aromatic rings. The Hall–Kier alpha value is -1.99. The van der Waals surface area contributed by atoms with Crippen molar-refractivity contribution in [2.75, 3.05) is 40.3 Å². The van der Waals surface area contributed by atoms with Crippen molar-refractivity contribution in [2.24, 2.45) is 0 Å². The average molecular weight is 316 g/mol. The van der Waals surface area contributed by atoms with Crippen molar-refractivity contribution in [2.45, 2.75) is 18.9 Å². The Balaban J connectivity index is 1.54. The molecule has 23 heavy (non-hydrogen) atoms. The first-order valence-corrected chi connectivity index (χ1v) is 8.10. The molecular formula is C16H24N6O. The van der Waals surface area contributed by atoms with Gasteiger partial charge in [-0.25, -0.2) is 0 Å². The van der Waals surface area contributed by atoms with Gasteiger partial charge in [0.05, 0.1) is 5.56 Å². The third kappa shape index (κ3) is 3.86.